The summed E-state index contributed by atoms with van der Waals surface area (Å²) in [4.78, 5) is 0. The van der Waals surface area contributed by atoms with Crippen LogP contribution in [0.4, 0.5) is 4.39 Å². The molecule has 2 fully saturated rings. The third-order valence-electron chi connectivity index (χ3n) is 4.75. The molecule has 1 saturated heterocycles. The summed E-state index contributed by atoms with van der Waals surface area (Å²) in [6.07, 6.45) is 3.95. The van der Waals surface area contributed by atoms with Gasteiger partial charge in [0.2, 0.25) is 0 Å². The molecule has 1 nitrogen and oxygen atoms in total. The molecule has 0 amide bonds. The van der Waals surface area contributed by atoms with Crippen molar-refractivity contribution < 1.29 is 4.39 Å². The molecule has 17 heavy (non-hydrogen) atoms. The van der Waals surface area contributed by atoms with Crippen LogP contribution in [0.5, 0.6) is 0 Å². The predicted molar refractivity (Wildman–Crippen MR) is 67.5 cm³/mol. The number of hydrogen-bond donors (Lipinski definition) is 1. The highest BCUT2D eigenvalue weighted by Crippen LogP contribution is 2.55. The van der Waals surface area contributed by atoms with Crippen LogP contribution >= 0.6 is 0 Å². The number of benzene rings is 1. The van der Waals surface area contributed by atoms with E-state index in [2.05, 4.69) is 18.3 Å². The lowest BCUT2D eigenvalue weighted by molar-refractivity contribution is 0.154. The third kappa shape index (κ3) is 1.99. The summed E-state index contributed by atoms with van der Waals surface area (Å²) in [6, 6.07) is 7.18. The first-order valence-corrected chi connectivity index (χ1v) is 6.66. The Morgan fingerprint density at radius 2 is 2.18 bits per heavy atom. The zero-order chi connectivity index (χ0) is 11.9. The summed E-state index contributed by atoms with van der Waals surface area (Å²) in [7, 11) is 0. The zero-order valence-electron chi connectivity index (χ0n) is 10.4. The number of nitrogens with one attached hydrogen (secondary N) is 1. The minimum Gasteiger partial charge on any atom is -0.316 e. The summed E-state index contributed by atoms with van der Waals surface area (Å²) in [6.45, 7) is 4.51. The van der Waals surface area contributed by atoms with Crippen LogP contribution in [0.1, 0.15) is 37.7 Å². The van der Waals surface area contributed by atoms with E-state index < -0.39 is 0 Å². The van der Waals surface area contributed by atoms with Gasteiger partial charge in [-0.1, -0.05) is 19.1 Å². The van der Waals surface area contributed by atoms with Crippen LogP contribution in [0, 0.1) is 17.2 Å². The fourth-order valence-electron chi connectivity index (χ4n) is 3.46. The second-order valence-electron chi connectivity index (χ2n) is 5.84. The van der Waals surface area contributed by atoms with Gasteiger partial charge in [0, 0.05) is 12.5 Å². The van der Waals surface area contributed by atoms with Crippen LogP contribution < -0.4 is 5.32 Å². The minimum absolute atomic E-state index is 0.105. The summed E-state index contributed by atoms with van der Waals surface area (Å²) in [5.41, 5.74) is 1.55. The van der Waals surface area contributed by atoms with Gasteiger partial charge in [-0.2, -0.15) is 0 Å². The highest BCUT2D eigenvalue weighted by Gasteiger charge is 2.48. The number of halogens is 1. The molecule has 1 aliphatic heterocycles. The van der Waals surface area contributed by atoms with Crippen molar-refractivity contribution in [3.05, 3.63) is 35.6 Å². The Balaban J connectivity index is 1.93. The Morgan fingerprint density at radius 1 is 1.35 bits per heavy atom. The van der Waals surface area contributed by atoms with Crippen molar-refractivity contribution >= 4 is 0 Å². The molecular weight excluding hydrogens is 213 g/mol. The molecule has 0 radical (unpaired) electrons. The molecule has 1 aromatic rings. The second kappa shape index (κ2) is 4.09. The van der Waals surface area contributed by atoms with Crippen LogP contribution in [0.15, 0.2) is 24.3 Å². The lowest BCUT2D eigenvalue weighted by Gasteiger charge is -2.43. The van der Waals surface area contributed by atoms with E-state index in [0.29, 0.717) is 11.3 Å². The van der Waals surface area contributed by atoms with Crippen LogP contribution in [0.3, 0.4) is 0 Å². The van der Waals surface area contributed by atoms with Gasteiger partial charge in [-0.3, -0.25) is 0 Å². The van der Waals surface area contributed by atoms with Crippen molar-refractivity contribution in [2.24, 2.45) is 11.3 Å². The van der Waals surface area contributed by atoms with Gasteiger partial charge >= 0.3 is 0 Å². The average Bonchev–Trinajstić information content (AvgIpc) is 3.13. The van der Waals surface area contributed by atoms with Gasteiger partial charge in [0.15, 0.2) is 0 Å². The fraction of sp³-hybridized carbons (Fsp3) is 0.600. The molecule has 92 valence electrons. The minimum atomic E-state index is -0.105. The molecule has 2 aliphatic rings. The highest BCUT2D eigenvalue weighted by atomic mass is 19.1. The summed E-state index contributed by atoms with van der Waals surface area (Å²) >= 11 is 0. The summed E-state index contributed by atoms with van der Waals surface area (Å²) in [5, 5.41) is 3.47. The maximum absolute atomic E-state index is 13.4. The van der Waals surface area contributed by atoms with E-state index >= 15 is 0 Å². The number of rotatable bonds is 2. The molecule has 0 aromatic heterocycles. The van der Waals surface area contributed by atoms with Crippen molar-refractivity contribution in [3.8, 4) is 0 Å². The first-order chi connectivity index (χ1) is 8.20. The smallest absolute Gasteiger partial charge is 0.123 e. The van der Waals surface area contributed by atoms with Crippen LogP contribution in [-0.4, -0.2) is 13.1 Å². The summed E-state index contributed by atoms with van der Waals surface area (Å²) < 4.78 is 13.4. The van der Waals surface area contributed by atoms with Gasteiger partial charge < -0.3 is 5.32 Å². The first kappa shape index (κ1) is 11.2. The maximum Gasteiger partial charge on any atom is 0.123 e. The van der Waals surface area contributed by atoms with E-state index in [1.54, 1.807) is 6.07 Å². The molecule has 0 bridgehead atoms. The standard InChI is InChI=1S/C15H20FN/c1-15(12-5-6-12)7-8-17-10-14(15)11-3-2-4-13(16)9-11/h2-4,9,12,14,17H,5-8,10H2,1H3. The Labute approximate surface area is 102 Å². The first-order valence-electron chi connectivity index (χ1n) is 6.66. The van der Waals surface area contributed by atoms with Crippen LogP contribution in [0.25, 0.3) is 0 Å². The SMILES string of the molecule is CC1(C2CC2)CCNCC1c1cccc(F)c1. The maximum atomic E-state index is 13.4. The molecule has 3 rings (SSSR count). The quantitative estimate of drug-likeness (QED) is 0.826. The Bertz CT molecular complexity index is 413. The number of hydrogen-bond acceptors (Lipinski definition) is 1. The third-order valence-corrected chi connectivity index (χ3v) is 4.75. The molecule has 1 aromatic carbocycles. The van der Waals surface area contributed by atoms with Crippen LogP contribution in [0.2, 0.25) is 0 Å². The molecule has 2 unspecified atom stereocenters. The second-order valence-corrected chi connectivity index (χ2v) is 5.84. The Hall–Kier alpha value is -0.890. The Morgan fingerprint density at radius 3 is 2.88 bits per heavy atom. The lowest BCUT2D eigenvalue weighted by atomic mass is 9.66. The van der Waals surface area contributed by atoms with E-state index in [1.807, 2.05) is 6.07 Å². The topological polar surface area (TPSA) is 12.0 Å². The lowest BCUT2D eigenvalue weighted by Crippen LogP contribution is -2.43. The normalized spacial score (nSPS) is 33.6. The van der Waals surface area contributed by atoms with E-state index in [4.69, 9.17) is 0 Å². The molecule has 0 spiro atoms. The Kier molecular flexibility index (Phi) is 2.70. The zero-order valence-corrected chi connectivity index (χ0v) is 10.4. The summed E-state index contributed by atoms with van der Waals surface area (Å²) in [5.74, 6) is 1.23. The van der Waals surface area contributed by atoms with Crippen molar-refractivity contribution in [2.75, 3.05) is 13.1 Å². The molecule has 1 heterocycles. The van der Waals surface area contributed by atoms with Gasteiger partial charge in [-0.25, -0.2) is 4.39 Å². The van der Waals surface area contributed by atoms with E-state index in [9.17, 15) is 4.39 Å². The monoisotopic (exact) mass is 233 g/mol. The number of piperidine rings is 1. The van der Waals surface area contributed by atoms with Crippen molar-refractivity contribution in [2.45, 2.75) is 32.1 Å². The fourth-order valence-corrected chi connectivity index (χ4v) is 3.46. The van der Waals surface area contributed by atoms with E-state index in [1.165, 1.54) is 30.9 Å². The largest absolute Gasteiger partial charge is 0.316 e. The molecule has 2 heteroatoms. The molecular formula is C15H20FN. The molecule has 1 saturated carbocycles. The average molecular weight is 233 g/mol. The van der Waals surface area contributed by atoms with Crippen molar-refractivity contribution in [1.29, 1.82) is 0 Å². The molecule has 1 aliphatic carbocycles. The van der Waals surface area contributed by atoms with Gasteiger partial charge in [-0.15, -0.1) is 0 Å². The molecule has 1 N–H and O–H groups in total. The predicted octanol–water partition coefficient (Wildman–Crippen LogP) is 3.32. The van der Waals surface area contributed by atoms with Crippen molar-refractivity contribution in [1.82, 2.24) is 5.32 Å². The van der Waals surface area contributed by atoms with E-state index in [0.717, 1.165) is 19.0 Å². The van der Waals surface area contributed by atoms with E-state index in [-0.39, 0.29) is 5.82 Å². The molecule has 2 atom stereocenters. The van der Waals surface area contributed by atoms with Crippen molar-refractivity contribution in [3.63, 3.8) is 0 Å². The van der Waals surface area contributed by atoms with Gasteiger partial charge in [0.05, 0.1) is 0 Å². The van der Waals surface area contributed by atoms with Crippen LogP contribution in [-0.2, 0) is 0 Å². The van der Waals surface area contributed by atoms with Gasteiger partial charge in [0.25, 0.3) is 0 Å². The van der Waals surface area contributed by atoms with Gasteiger partial charge in [0.1, 0.15) is 5.82 Å². The highest BCUT2D eigenvalue weighted by molar-refractivity contribution is 5.25. The van der Waals surface area contributed by atoms with Gasteiger partial charge in [-0.05, 0) is 54.8 Å².